The average Bonchev–Trinajstić information content (AvgIpc) is 3.08. The van der Waals surface area contributed by atoms with Gasteiger partial charge in [0, 0.05) is 0 Å². The summed E-state index contributed by atoms with van der Waals surface area (Å²) in [6.45, 7) is 16.0. The van der Waals surface area contributed by atoms with E-state index in [1.165, 1.54) is 37.7 Å². The molecule has 0 aromatic rings. The van der Waals surface area contributed by atoms with Crippen LogP contribution in [0.15, 0.2) is 24.3 Å². The third kappa shape index (κ3) is 5.45. The SMILES string of the molecule is C=C(C)C(C)/C=C/[C@@H](C)[C@H]1CCC2C3CCC4C[C@@H](OS(=O)(=O)[O-])CC[C@]4(C)C3CC[C@@]21C.[Na+]. The summed E-state index contributed by atoms with van der Waals surface area (Å²) in [4.78, 5) is 0. The van der Waals surface area contributed by atoms with Gasteiger partial charge in [-0.1, -0.05) is 52.0 Å². The monoisotopic (exact) mass is 500 g/mol. The molecule has 4 aliphatic rings. The second-order valence-electron chi connectivity index (χ2n) is 12.7. The minimum Gasteiger partial charge on any atom is -0.726 e. The average molecular weight is 501 g/mol. The third-order valence-corrected chi connectivity index (χ3v) is 11.6. The molecule has 0 bridgehead atoms. The van der Waals surface area contributed by atoms with Crippen LogP contribution in [-0.4, -0.2) is 19.1 Å². The van der Waals surface area contributed by atoms with Gasteiger partial charge in [-0.25, -0.2) is 8.42 Å². The van der Waals surface area contributed by atoms with Crippen LogP contribution in [0, 0.1) is 52.3 Å². The van der Waals surface area contributed by atoms with Gasteiger partial charge >= 0.3 is 29.6 Å². The zero-order valence-corrected chi connectivity index (χ0v) is 25.2. The molecule has 10 atom stereocenters. The van der Waals surface area contributed by atoms with Crippen LogP contribution in [0.1, 0.15) is 92.4 Å². The van der Waals surface area contributed by atoms with Crippen LogP contribution < -0.4 is 29.6 Å². The summed E-state index contributed by atoms with van der Waals surface area (Å²) in [6.07, 6.45) is 14.6. The van der Waals surface area contributed by atoms with Crippen LogP contribution in [0.2, 0.25) is 0 Å². The van der Waals surface area contributed by atoms with Crippen LogP contribution in [0.5, 0.6) is 0 Å². The predicted molar refractivity (Wildman–Crippen MR) is 132 cm³/mol. The molecular weight excluding hydrogens is 455 g/mol. The number of fused-ring (bicyclic) bond motifs is 5. The van der Waals surface area contributed by atoms with Crippen molar-refractivity contribution in [3.63, 3.8) is 0 Å². The molecule has 6 heteroatoms. The Morgan fingerprint density at radius 3 is 2.29 bits per heavy atom. The van der Waals surface area contributed by atoms with Crippen LogP contribution >= 0.6 is 0 Å². The summed E-state index contributed by atoms with van der Waals surface area (Å²) in [5.41, 5.74) is 1.92. The van der Waals surface area contributed by atoms with E-state index in [4.69, 9.17) is 4.18 Å². The van der Waals surface area contributed by atoms with Gasteiger partial charge in [0.15, 0.2) is 0 Å². The largest absolute Gasteiger partial charge is 1.00 e. The zero-order chi connectivity index (χ0) is 24.2. The molecule has 0 N–H and O–H groups in total. The van der Waals surface area contributed by atoms with Crippen molar-refractivity contribution in [3.8, 4) is 0 Å². The molecule has 4 saturated carbocycles. The second kappa shape index (κ2) is 10.6. The smallest absolute Gasteiger partial charge is 0.726 e. The molecule has 0 spiro atoms. The van der Waals surface area contributed by atoms with E-state index in [1.54, 1.807) is 0 Å². The fourth-order valence-electron chi connectivity index (χ4n) is 9.02. The molecule has 0 radical (unpaired) electrons. The van der Waals surface area contributed by atoms with Gasteiger partial charge in [0.2, 0.25) is 10.4 Å². The van der Waals surface area contributed by atoms with E-state index in [1.807, 2.05) is 0 Å². The van der Waals surface area contributed by atoms with E-state index < -0.39 is 16.5 Å². The van der Waals surface area contributed by atoms with Gasteiger partial charge in [0.05, 0.1) is 6.10 Å². The van der Waals surface area contributed by atoms with Crippen LogP contribution in [0.3, 0.4) is 0 Å². The maximum atomic E-state index is 11.1. The van der Waals surface area contributed by atoms with Crippen molar-refractivity contribution in [2.24, 2.45) is 52.3 Å². The molecule has 4 fully saturated rings. The van der Waals surface area contributed by atoms with E-state index in [0.29, 0.717) is 29.6 Å². The molecule has 188 valence electrons. The summed E-state index contributed by atoms with van der Waals surface area (Å²) < 4.78 is 38.3. The summed E-state index contributed by atoms with van der Waals surface area (Å²) in [5, 5.41) is 0. The van der Waals surface area contributed by atoms with Gasteiger partial charge in [0.25, 0.3) is 0 Å². The number of hydrogen-bond donors (Lipinski definition) is 0. The topological polar surface area (TPSA) is 66.4 Å². The Morgan fingerprint density at radius 1 is 1.00 bits per heavy atom. The Kier molecular flexibility index (Phi) is 9.02. The molecule has 0 aliphatic heterocycles. The molecule has 0 saturated heterocycles. The van der Waals surface area contributed by atoms with Gasteiger partial charge in [-0.05, 0) is 117 Å². The van der Waals surface area contributed by atoms with Crippen LogP contribution in [0.4, 0.5) is 0 Å². The predicted octanol–water partition coefficient (Wildman–Crippen LogP) is 3.90. The first-order valence-electron chi connectivity index (χ1n) is 13.3. The fraction of sp³-hybridized carbons (Fsp3) is 0.857. The molecule has 0 heterocycles. The van der Waals surface area contributed by atoms with Crippen molar-refractivity contribution < 1.29 is 46.7 Å². The molecular formula is C28H45NaO4S. The quantitative estimate of drug-likeness (QED) is 0.240. The first-order chi connectivity index (χ1) is 15.3. The zero-order valence-electron chi connectivity index (χ0n) is 22.4. The Balaban J connectivity index is 0.00000324. The van der Waals surface area contributed by atoms with Gasteiger partial charge < -0.3 is 4.55 Å². The maximum Gasteiger partial charge on any atom is 1.00 e. The molecule has 0 aromatic heterocycles. The number of allylic oxidation sites excluding steroid dienone is 3. The number of hydrogen-bond acceptors (Lipinski definition) is 4. The fourth-order valence-corrected chi connectivity index (χ4v) is 9.53. The molecule has 4 aliphatic carbocycles. The summed E-state index contributed by atoms with van der Waals surface area (Å²) in [6, 6.07) is 0. The number of rotatable bonds is 6. The third-order valence-electron chi connectivity index (χ3n) is 11.1. The van der Waals surface area contributed by atoms with E-state index in [2.05, 4.69) is 53.3 Å². The molecule has 34 heavy (non-hydrogen) atoms. The normalized spacial score (nSPS) is 43.8. The Labute approximate surface area is 231 Å². The molecule has 4 nitrogen and oxygen atoms in total. The summed E-state index contributed by atoms with van der Waals surface area (Å²) >= 11 is 0. The first kappa shape index (κ1) is 28.9. The minimum atomic E-state index is -4.61. The van der Waals surface area contributed by atoms with E-state index in [0.717, 1.165) is 42.9 Å². The van der Waals surface area contributed by atoms with E-state index in [9.17, 15) is 13.0 Å². The second-order valence-corrected chi connectivity index (χ2v) is 13.7. The van der Waals surface area contributed by atoms with Gasteiger partial charge in [-0.15, -0.1) is 0 Å². The molecule has 5 unspecified atom stereocenters. The minimum absolute atomic E-state index is 0. The molecule has 4 rings (SSSR count). The maximum absolute atomic E-state index is 11.1. The Bertz CT molecular complexity index is 885. The Morgan fingerprint density at radius 2 is 1.65 bits per heavy atom. The van der Waals surface area contributed by atoms with Crippen molar-refractivity contribution in [2.45, 2.75) is 98.5 Å². The van der Waals surface area contributed by atoms with Gasteiger partial charge in [-0.3, -0.25) is 4.18 Å². The van der Waals surface area contributed by atoms with E-state index in [-0.39, 0.29) is 35.0 Å². The van der Waals surface area contributed by atoms with Crippen molar-refractivity contribution in [3.05, 3.63) is 24.3 Å². The first-order valence-corrected chi connectivity index (χ1v) is 14.7. The van der Waals surface area contributed by atoms with Crippen molar-refractivity contribution in [1.29, 1.82) is 0 Å². The van der Waals surface area contributed by atoms with Crippen molar-refractivity contribution in [2.75, 3.05) is 0 Å². The van der Waals surface area contributed by atoms with Gasteiger partial charge in [-0.2, -0.15) is 0 Å². The standard InChI is InChI=1S/C28H46O4S.Na/c1-18(2)19(3)7-8-20(4)24-11-12-25-23-10-9-21-17-22(32-33(29,30)31)13-15-27(21,5)26(23)14-16-28(24,25)6;/h7-8,19-26H,1,9-17H2,2-6H3,(H,29,30,31);/q;+1/p-1/b8-7+;/t19?,20-,21?,22+,23?,24-,25?,26?,27+,28-;/m1./s1. The van der Waals surface area contributed by atoms with E-state index >= 15 is 0 Å². The Hall–Kier alpha value is 0.350. The molecule has 0 amide bonds. The van der Waals surface area contributed by atoms with Gasteiger partial charge in [0.1, 0.15) is 0 Å². The van der Waals surface area contributed by atoms with Crippen LogP contribution in [0.25, 0.3) is 0 Å². The van der Waals surface area contributed by atoms with Crippen molar-refractivity contribution in [1.82, 2.24) is 0 Å². The van der Waals surface area contributed by atoms with Crippen molar-refractivity contribution >= 4 is 10.4 Å². The summed E-state index contributed by atoms with van der Waals surface area (Å²) in [7, 11) is -4.61. The summed E-state index contributed by atoms with van der Waals surface area (Å²) in [5.74, 6) is 4.61. The molecule has 0 aromatic carbocycles. The van der Waals surface area contributed by atoms with Crippen LogP contribution in [-0.2, 0) is 14.6 Å².